The lowest BCUT2D eigenvalue weighted by Crippen LogP contribution is -2.31. The minimum atomic E-state index is -0.711. The van der Waals surface area contributed by atoms with Crippen molar-refractivity contribution in [2.75, 3.05) is 30.9 Å². The van der Waals surface area contributed by atoms with Crippen LogP contribution in [-0.4, -0.2) is 42.7 Å². The number of aliphatic hydroxyl groups excluding tert-OH is 1. The molecule has 2 aromatic carbocycles. The van der Waals surface area contributed by atoms with Gasteiger partial charge in [0.05, 0.1) is 19.0 Å². The molecule has 2 N–H and O–H groups in total. The standard InChI is InChI=1S/C24H31NO6S/c1-17-8-10-18(11-9-17)25-23(28)31-22(24(2,3)12-14-30-21(27)16-32)19-6-4-5-7-20(19)29-15-13-26/h4-11,22,26,32H,12-16H2,1-3H3,(H,25,28)/t22-/m1/s1. The molecule has 2 rings (SSSR count). The number of ether oxygens (including phenoxy) is 3. The molecule has 0 heterocycles. The van der Waals surface area contributed by atoms with Gasteiger partial charge in [0.1, 0.15) is 18.5 Å². The number of aryl methyl sites for hydroxylation is 1. The summed E-state index contributed by atoms with van der Waals surface area (Å²) in [6.45, 7) is 5.94. The first kappa shape index (κ1) is 25.5. The Kier molecular flexibility index (Phi) is 9.87. The maximum Gasteiger partial charge on any atom is 0.412 e. The number of rotatable bonds is 11. The van der Waals surface area contributed by atoms with E-state index in [4.69, 9.17) is 19.3 Å². The van der Waals surface area contributed by atoms with Gasteiger partial charge in [0.2, 0.25) is 0 Å². The number of hydrogen-bond donors (Lipinski definition) is 3. The van der Waals surface area contributed by atoms with Gasteiger partial charge in [0.15, 0.2) is 0 Å². The van der Waals surface area contributed by atoms with Crippen molar-refractivity contribution in [1.29, 1.82) is 0 Å². The largest absolute Gasteiger partial charge is 0.491 e. The summed E-state index contributed by atoms with van der Waals surface area (Å²) in [4.78, 5) is 24.2. The molecule has 0 aromatic heterocycles. The van der Waals surface area contributed by atoms with Crippen LogP contribution in [0.1, 0.15) is 37.5 Å². The zero-order valence-electron chi connectivity index (χ0n) is 18.7. The number of aliphatic hydroxyl groups is 1. The number of benzene rings is 2. The fourth-order valence-corrected chi connectivity index (χ4v) is 3.22. The summed E-state index contributed by atoms with van der Waals surface area (Å²) in [6.07, 6.45) is -0.891. The summed E-state index contributed by atoms with van der Waals surface area (Å²) in [5.74, 6) is 0.0949. The highest BCUT2D eigenvalue weighted by Crippen LogP contribution is 2.43. The van der Waals surface area contributed by atoms with Gasteiger partial charge in [-0.1, -0.05) is 49.7 Å². The first-order valence-corrected chi connectivity index (χ1v) is 11.0. The van der Waals surface area contributed by atoms with E-state index in [-0.39, 0.29) is 25.6 Å². The van der Waals surface area contributed by atoms with Gasteiger partial charge in [-0.3, -0.25) is 10.1 Å². The monoisotopic (exact) mass is 461 g/mol. The molecule has 2 aromatic rings. The Bertz CT molecular complexity index is 884. The maximum absolute atomic E-state index is 12.8. The van der Waals surface area contributed by atoms with Crippen LogP contribution in [0.2, 0.25) is 0 Å². The molecule has 0 aliphatic carbocycles. The second-order valence-corrected chi connectivity index (χ2v) is 8.32. The average molecular weight is 462 g/mol. The Labute approximate surface area is 194 Å². The van der Waals surface area contributed by atoms with Crippen molar-refractivity contribution >= 4 is 30.4 Å². The van der Waals surface area contributed by atoms with Crippen LogP contribution in [0.3, 0.4) is 0 Å². The van der Waals surface area contributed by atoms with Gasteiger partial charge in [-0.25, -0.2) is 4.79 Å². The topological polar surface area (TPSA) is 94.1 Å². The first-order chi connectivity index (χ1) is 15.3. The van der Waals surface area contributed by atoms with Gasteiger partial charge < -0.3 is 19.3 Å². The van der Waals surface area contributed by atoms with E-state index in [0.717, 1.165) is 5.56 Å². The van der Waals surface area contributed by atoms with Crippen LogP contribution in [-0.2, 0) is 14.3 Å². The van der Waals surface area contributed by atoms with Crippen LogP contribution in [0, 0.1) is 12.3 Å². The third-order valence-electron chi connectivity index (χ3n) is 4.92. The summed E-state index contributed by atoms with van der Waals surface area (Å²) in [5.41, 5.74) is 1.74. The van der Waals surface area contributed by atoms with Crippen molar-refractivity contribution in [2.45, 2.75) is 33.3 Å². The lowest BCUT2D eigenvalue weighted by molar-refractivity contribution is -0.141. The summed E-state index contributed by atoms with van der Waals surface area (Å²) >= 11 is 3.91. The van der Waals surface area contributed by atoms with E-state index in [1.165, 1.54) is 0 Å². The molecule has 1 amide bonds. The molecule has 0 aliphatic rings. The molecule has 32 heavy (non-hydrogen) atoms. The Morgan fingerprint density at radius 3 is 2.44 bits per heavy atom. The van der Waals surface area contributed by atoms with Gasteiger partial charge in [-0.2, -0.15) is 12.6 Å². The molecule has 7 nitrogen and oxygen atoms in total. The van der Waals surface area contributed by atoms with Gasteiger partial charge in [0.25, 0.3) is 0 Å². The van der Waals surface area contributed by atoms with Crippen molar-refractivity contribution in [3.63, 3.8) is 0 Å². The minimum Gasteiger partial charge on any atom is -0.491 e. The van der Waals surface area contributed by atoms with E-state index in [2.05, 4.69) is 17.9 Å². The molecule has 8 heteroatoms. The van der Waals surface area contributed by atoms with E-state index in [9.17, 15) is 9.59 Å². The number of hydrogen-bond acceptors (Lipinski definition) is 7. The molecule has 1 atom stereocenters. The lowest BCUT2D eigenvalue weighted by atomic mass is 9.79. The van der Waals surface area contributed by atoms with Crippen LogP contribution in [0.25, 0.3) is 0 Å². The lowest BCUT2D eigenvalue weighted by Gasteiger charge is -2.34. The number of anilines is 1. The van der Waals surface area contributed by atoms with Gasteiger partial charge in [0, 0.05) is 16.7 Å². The Hall–Kier alpha value is -2.71. The molecule has 174 valence electrons. The second kappa shape index (κ2) is 12.4. The summed E-state index contributed by atoms with van der Waals surface area (Å²) in [7, 11) is 0. The molecule has 0 spiro atoms. The van der Waals surface area contributed by atoms with E-state index in [1.54, 1.807) is 24.3 Å². The van der Waals surface area contributed by atoms with Gasteiger partial charge >= 0.3 is 12.1 Å². The highest BCUT2D eigenvalue weighted by Gasteiger charge is 2.36. The fraction of sp³-hybridized carbons (Fsp3) is 0.417. The molecule has 0 bridgehead atoms. The van der Waals surface area contributed by atoms with Gasteiger partial charge in [-0.05, 0) is 31.5 Å². The van der Waals surface area contributed by atoms with Crippen molar-refractivity contribution in [2.24, 2.45) is 5.41 Å². The SMILES string of the molecule is Cc1ccc(NC(=O)O[C@H](c2ccccc2OCCO)C(C)(C)CCOC(=O)CS)cc1. The fourth-order valence-electron chi connectivity index (χ4n) is 3.12. The Balaban J connectivity index is 2.26. The van der Waals surface area contributed by atoms with Crippen molar-refractivity contribution in [3.05, 3.63) is 59.7 Å². The third kappa shape index (κ3) is 7.76. The number of para-hydroxylation sites is 1. The van der Waals surface area contributed by atoms with Crippen LogP contribution in [0.5, 0.6) is 5.75 Å². The van der Waals surface area contributed by atoms with E-state index in [0.29, 0.717) is 23.4 Å². The second-order valence-electron chi connectivity index (χ2n) is 8.00. The van der Waals surface area contributed by atoms with E-state index in [1.807, 2.05) is 45.0 Å². The highest BCUT2D eigenvalue weighted by atomic mass is 32.1. The van der Waals surface area contributed by atoms with Crippen molar-refractivity contribution in [1.82, 2.24) is 0 Å². The number of nitrogens with one attached hydrogen (secondary N) is 1. The maximum atomic E-state index is 12.8. The van der Waals surface area contributed by atoms with E-state index < -0.39 is 23.6 Å². The smallest absolute Gasteiger partial charge is 0.412 e. The molecule has 0 saturated carbocycles. The predicted octanol–water partition coefficient (Wildman–Crippen LogP) is 4.55. The summed E-state index contributed by atoms with van der Waals surface area (Å²) < 4.78 is 16.8. The number of carbonyl (C=O) groups is 2. The number of amides is 1. The van der Waals surface area contributed by atoms with Crippen LogP contribution in [0.15, 0.2) is 48.5 Å². The highest BCUT2D eigenvalue weighted by molar-refractivity contribution is 7.81. The molecule has 0 saturated heterocycles. The predicted molar refractivity (Wildman–Crippen MR) is 126 cm³/mol. The van der Waals surface area contributed by atoms with E-state index >= 15 is 0 Å². The van der Waals surface area contributed by atoms with Crippen molar-refractivity contribution < 1.29 is 28.9 Å². The average Bonchev–Trinajstić information content (AvgIpc) is 2.77. The Morgan fingerprint density at radius 2 is 1.78 bits per heavy atom. The molecular formula is C24H31NO6S. The zero-order chi connectivity index (χ0) is 23.6. The molecular weight excluding hydrogens is 430 g/mol. The number of carbonyl (C=O) groups excluding carboxylic acids is 2. The zero-order valence-corrected chi connectivity index (χ0v) is 19.6. The third-order valence-corrected chi connectivity index (χ3v) is 5.18. The van der Waals surface area contributed by atoms with Crippen LogP contribution in [0.4, 0.5) is 10.5 Å². The quantitative estimate of drug-likeness (QED) is 0.336. The molecule has 0 fully saturated rings. The minimum absolute atomic E-state index is 0.00283. The Morgan fingerprint density at radius 1 is 1.09 bits per heavy atom. The molecule has 0 unspecified atom stereocenters. The first-order valence-electron chi connectivity index (χ1n) is 10.4. The van der Waals surface area contributed by atoms with Crippen LogP contribution >= 0.6 is 12.6 Å². The van der Waals surface area contributed by atoms with Crippen molar-refractivity contribution in [3.8, 4) is 5.75 Å². The number of esters is 1. The van der Waals surface area contributed by atoms with Gasteiger partial charge in [-0.15, -0.1) is 0 Å². The molecule has 0 aliphatic heterocycles. The molecule has 0 radical (unpaired) electrons. The number of thiol groups is 1. The normalized spacial score (nSPS) is 12.0. The summed E-state index contributed by atoms with van der Waals surface area (Å²) in [5, 5.41) is 11.9. The summed E-state index contributed by atoms with van der Waals surface area (Å²) in [6, 6.07) is 14.6. The van der Waals surface area contributed by atoms with Crippen LogP contribution < -0.4 is 10.1 Å².